The fourth-order valence-corrected chi connectivity index (χ4v) is 1.19. The van der Waals surface area contributed by atoms with Gasteiger partial charge in [-0.25, -0.2) is 4.79 Å². The minimum absolute atomic E-state index is 0.220. The lowest BCUT2D eigenvalue weighted by atomic mass is 10.0. The van der Waals surface area contributed by atoms with Crippen molar-refractivity contribution in [2.24, 2.45) is 29.0 Å². The van der Waals surface area contributed by atoms with E-state index in [2.05, 4.69) is 0 Å². The van der Waals surface area contributed by atoms with Crippen molar-refractivity contribution in [1.82, 2.24) is 4.90 Å². The molecule has 0 radical (unpaired) electrons. The van der Waals surface area contributed by atoms with E-state index in [1.807, 2.05) is 0 Å². The minimum atomic E-state index is -1.16. The molecule has 0 bridgehead atoms. The van der Waals surface area contributed by atoms with Crippen molar-refractivity contribution in [3.8, 4) is 0 Å². The topological polar surface area (TPSA) is 133 Å². The van der Waals surface area contributed by atoms with Crippen LogP contribution in [0.1, 0.15) is 27.7 Å². The fraction of sp³-hybridized carbons (Fsp3) is 0.727. The predicted octanol–water partition coefficient (Wildman–Crippen LogP) is -0.613. The molecule has 0 heterocycles. The normalized spacial score (nSPS) is 14.4. The van der Waals surface area contributed by atoms with Gasteiger partial charge in [0.1, 0.15) is 0 Å². The Labute approximate surface area is 107 Å². The molecular formula is C11H22N4O3. The van der Waals surface area contributed by atoms with E-state index in [0.29, 0.717) is 4.90 Å². The Morgan fingerprint density at radius 2 is 1.11 bits per heavy atom. The molecule has 104 valence electrons. The molecule has 0 rings (SSSR count). The second kappa shape index (κ2) is 6.46. The maximum atomic E-state index is 11.9. The molecule has 0 saturated carbocycles. The molecule has 7 nitrogen and oxygen atoms in total. The van der Waals surface area contributed by atoms with Crippen LogP contribution < -0.4 is 17.2 Å². The lowest BCUT2D eigenvalue weighted by Crippen LogP contribution is -2.58. The number of primary amides is 1. The Hall–Kier alpha value is -1.47. The molecule has 0 aromatic rings. The highest BCUT2D eigenvalue weighted by Gasteiger charge is 2.35. The van der Waals surface area contributed by atoms with Gasteiger partial charge in [0.15, 0.2) is 0 Å². The van der Waals surface area contributed by atoms with Crippen molar-refractivity contribution in [3.63, 3.8) is 0 Å². The van der Waals surface area contributed by atoms with Crippen molar-refractivity contribution in [1.29, 1.82) is 0 Å². The summed E-state index contributed by atoms with van der Waals surface area (Å²) in [6, 6.07) is -3.10. The fourth-order valence-electron chi connectivity index (χ4n) is 1.19. The van der Waals surface area contributed by atoms with E-state index in [0.717, 1.165) is 0 Å². The summed E-state index contributed by atoms with van der Waals surface area (Å²) < 4.78 is 0. The first-order chi connectivity index (χ1) is 8.11. The molecule has 0 spiro atoms. The van der Waals surface area contributed by atoms with Gasteiger partial charge in [0.25, 0.3) is 11.8 Å². The van der Waals surface area contributed by atoms with E-state index >= 15 is 0 Å². The average Bonchev–Trinajstić information content (AvgIpc) is 2.25. The first kappa shape index (κ1) is 16.5. The number of hydrogen-bond acceptors (Lipinski definition) is 5. The third-order valence-electron chi connectivity index (χ3n) is 2.67. The molecule has 18 heavy (non-hydrogen) atoms. The third kappa shape index (κ3) is 3.78. The number of urea groups is 1. The van der Waals surface area contributed by atoms with Crippen LogP contribution in [-0.4, -0.2) is 34.8 Å². The highest BCUT2D eigenvalue weighted by Crippen LogP contribution is 2.08. The van der Waals surface area contributed by atoms with E-state index in [4.69, 9.17) is 17.2 Å². The van der Waals surface area contributed by atoms with Crippen molar-refractivity contribution in [2.45, 2.75) is 39.8 Å². The Balaban J connectivity index is 5.16. The number of carbonyl (C=O) groups is 3. The SMILES string of the molecule is CC(C)[C@H](N)C(=O)N(C(N)=O)C(=O)[C@@H](N)C(C)C. The average molecular weight is 258 g/mol. The van der Waals surface area contributed by atoms with Gasteiger partial charge in [0, 0.05) is 0 Å². The Morgan fingerprint density at radius 1 is 0.833 bits per heavy atom. The van der Waals surface area contributed by atoms with Crippen LogP contribution >= 0.6 is 0 Å². The molecule has 0 aromatic heterocycles. The van der Waals surface area contributed by atoms with Crippen molar-refractivity contribution < 1.29 is 14.4 Å². The van der Waals surface area contributed by atoms with Crippen LogP contribution in [0, 0.1) is 11.8 Å². The van der Waals surface area contributed by atoms with Crippen LogP contribution in [0.25, 0.3) is 0 Å². The minimum Gasteiger partial charge on any atom is -0.351 e. The van der Waals surface area contributed by atoms with Gasteiger partial charge in [-0.05, 0) is 11.8 Å². The Kier molecular flexibility index (Phi) is 5.93. The lowest BCUT2D eigenvalue weighted by molar-refractivity contribution is -0.143. The smallest absolute Gasteiger partial charge is 0.328 e. The predicted molar refractivity (Wildman–Crippen MR) is 67.1 cm³/mol. The first-order valence-electron chi connectivity index (χ1n) is 5.79. The van der Waals surface area contributed by atoms with Gasteiger partial charge in [-0.1, -0.05) is 27.7 Å². The molecular weight excluding hydrogens is 236 g/mol. The quantitative estimate of drug-likeness (QED) is 0.618. The van der Waals surface area contributed by atoms with Gasteiger partial charge < -0.3 is 17.2 Å². The van der Waals surface area contributed by atoms with Crippen LogP contribution in [0.4, 0.5) is 4.79 Å². The molecule has 0 fully saturated rings. The van der Waals surface area contributed by atoms with Gasteiger partial charge >= 0.3 is 6.03 Å². The second-order valence-corrected chi connectivity index (χ2v) is 4.89. The van der Waals surface area contributed by atoms with Gasteiger partial charge in [-0.3, -0.25) is 9.59 Å². The van der Waals surface area contributed by atoms with Crippen LogP contribution in [0.15, 0.2) is 0 Å². The molecule has 0 aliphatic carbocycles. The molecule has 0 aliphatic rings. The summed E-state index contributed by atoms with van der Waals surface area (Å²) in [6.45, 7) is 6.81. The van der Waals surface area contributed by atoms with Crippen LogP contribution in [0.2, 0.25) is 0 Å². The van der Waals surface area contributed by atoms with Crippen LogP contribution in [-0.2, 0) is 9.59 Å². The number of rotatable bonds is 4. The monoisotopic (exact) mass is 258 g/mol. The van der Waals surface area contributed by atoms with E-state index in [1.165, 1.54) is 0 Å². The molecule has 0 unspecified atom stereocenters. The summed E-state index contributed by atoms with van der Waals surface area (Å²) in [6.07, 6.45) is 0. The van der Waals surface area contributed by atoms with Crippen LogP contribution in [0.3, 0.4) is 0 Å². The molecule has 6 N–H and O–H groups in total. The highest BCUT2D eigenvalue weighted by atomic mass is 16.2. The van der Waals surface area contributed by atoms with Crippen molar-refractivity contribution in [3.05, 3.63) is 0 Å². The standard InChI is InChI=1S/C11H22N4O3/c1-5(2)7(12)9(16)15(11(14)18)10(17)8(13)6(3)4/h5-8H,12-13H2,1-4H3,(H2,14,18)/t7-,8-/m0/s1. The van der Waals surface area contributed by atoms with Crippen LogP contribution in [0.5, 0.6) is 0 Å². The Morgan fingerprint density at radius 3 is 1.28 bits per heavy atom. The number of hydrogen-bond donors (Lipinski definition) is 3. The molecule has 4 amide bonds. The summed E-state index contributed by atoms with van der Waals surface area (Å²) in [4.78, 5) is 35.4. The van der Waals surface area contributed by atoms with E-state index in [1.54, 1.807) is 27.7 Å². The maximum absolute atomic E-state index is 11.9. The van der Waals surface area contributed by atoms with Gasteiger partial charge in [0.05, 0.1) is 12.1 Å². The Bertz CT molecular complexity index is 315. The second-order valence-electron chi connectivity index (χ2n) is 4.89. The maximum Gasteiger partial charge on any atom is 0.328 e. The number of amides is 4. The summed E-state index contributed by atoms with van der Waals surface area (Å²) >= 11 is 0. The molecule has 0 saturated heterocycles. The largest absolute Gasteiger partial charge is 0.351 e. The molecule has 0 aliphatic heterocycles. The number of nitrogens with two attached hydrogens (primary N) is 3. The number of nitrogens with zero attached hydrogens (tertiary/aromatic N) is 1. The zero-order valence-corrected chi connectivity index (χ0v) is 11.2. The molecule has 7 heteroatoms. The summed E-state index contributed by atoms with van der Waals surface area (Å²) in [5.41, 5.74) is 16.3. The summed E-state index contributed by atoms with van der Waals surface area (Å²) in [5, 5.41) is 0. The van der Waals surface area contributed by atoms with E-state index in [-0.39, 0.29) is 11.8 Å². The lowest BCUT2D eigenvalue weighted by Gasteiger charge is -2.26. The van der Waals surface area contributed by atoms with Gasteiger partial charge in [0.2, 0.25) is 0 Å². The van der Waals surface area contributed by atoms with Crippen molar-refractivity contribution in [2.75, 3.05) is 0 Å². The van der Waals surface area contributed by atoms with Crippen molar-refractivity contribution >= 4 is 17.8 Å². The summed E-state index contributed by atoms with van der Waals surface area (Å²) in [7, 11) is 0. The number of carbonyl (C=O) groups excluding carboxylic acids is 3. The highest BCUT2D eigenvalue weighted by molar-refractivity contribution is 6.12. The zero-order valence-electron chi connectivity index (χ0n) is 11.2. The third-order valence-corrected chi connectivity index (χ3v) is 2.67. The molecule has 0 aromatic carbocycles. The van der Waals surface area contributed by atoms with Gasteiger partial charge in [-0.15, -0.1) is 0 Å². The first-order valence-corrected chi connectivity index (χ1v) is 5.79. The van der Waals surface area contributed by atoms with E-state index in [9.17, 15) is 14.4 Å². The summed E-state index contributed by atoms with van der Waals surface area (Å²) in [5.74, 6) is -2.08. The van der Waals surface area contributed by atoms with E-state index < -0.39 is 29.9 Å². The van der Waals surface area contributed by atoms with Gasteiger partial charge in [-0.2, -0.15) is 4.90 Å². The molecule has 2 atom stereocenters. The number of imide groups is 3. The zero-order chi connectivity index (χ0) is 14.6.